The molecule has 0 spiro atoms. The van der Waals surface area contributed by atoms with Crippen LogP contribution in [0.4, 0.5) is 0 Å². The van der Waals surface area contributed by atoms with Gasteiger partial charge in [0.25, 0.3) is 0 Å². The minimum atomic E-state index is -0.221. The number of nitrogens with one attached hydrogen (secondary N) is 1. The summed E-state index contributed by atoms with van der Waals surface area (Å²) >= 11 is 1.57. The Kier molecular flexibility index (Phi) is 5.90. The fourth-order valence-corrected chi connectivity index (χ4v) is 2.41. The number of hydrogen-bond donors (Lipinski definition) is 2. The van der Waals surface area contributed by atoms with E-state index in [9.17, 15) is 4.79 Å². The molecule has 0 bridgehead atoms. The molecule has 0 aliphatic heterocycles. The molecule has 1 aromatic heterocycles. The highest BCUT2D eigenvalue weighted by atomic mass is 32.1. The average Bonchev–Trinajstić information content (AvgIpc) is 2.82. The molecule has 1 atom stereocenters. The van der Waals surface area contributed by atoms with Crippen LogP contribution in [-0.4, -0.2) is 30.6 Å². The number of aromatic nitrogens is 1. The average molecular weight is 285 g/mol. The topological polar surface area (TPSA) is 77.2 Å². The number of nitrogens with two attached hydrogens (primary N) is 1. The van der Waals surface area contributed by atoms with Crippen LogP contribution < -0.4 is 11.1 Å². The molecule has 0 saturated carbocycles. The van der Waals surface area contributed by atoms with Crippen molar-refractivity contribution in [3.8, 4) is 0 Å². The highest BCUT2D eigenvalue weighted by molar-refractivity contribution is 7.09. The third kappa shape index (κ3) is 5.26. The van der Waals surface area contributed by atoms with Crippen LogP contribution in [0.2, 0.25) is 0 Å². The van der Waals surface area contributed by atoms with Gasteiger partial charge in [0, 0.05) is 24.4 Å². The number of thiazole rings is 1. The molecule has 6 heteroatoms. The van der Waals surface area contributed by atoms with Crippen molar-refractivity contribution in [1.29, 1.82) is 0 Å². The van der Waals surface area contributed by atoms with Crippen molar-refractivity contribution in [3.05, 3.63) is 16.1 Å². The summed E-state index contributed by atoms with van der Waals surface area (Å²) in [4.78, 5) is 16.2. The molecule has 0 aliphatic carbocycles. The Balaban J connectivity index is 2.44. The molecule has 0 aliphatic rings. The zero-order valence-electron chi connectivity index (χ0n) is 12.0. The Morgan fingerprint density at radius 1 is 1.58 bits per heavy atom. The summed E-state index contributed by atoms with van der Waals surface area (Å²) in [5.74, 6) is -0.0650. The summed E-state index contributed by atoms with van der Waals surface area (Å²) < 4.78 is 5.07. The van der Waals surface area contributed by atoms with Crippen LogP contribution >= 0.6 is 11.3 Å². The molecule has 1 heterocycles. The summed E-state index contributed by atoms with van der Waals surface area (Å²) in [6.07, 6.45) is 0.0613. The molecule has 0 fully saturated rings. The van der Waals surface area contributed by atoms with E-state index < -0.39 is 0 Å². The number of ether oxygens (including phenoxy) is 1. The van der Waals surface area contributed by atoms with Gasteiger partial charge in [-0.05, 0) is 0 Å². The van der Waals surface area contributed by atoms with Gasteiger partial charge in [-0.2, -0.15) is 0 Å². The van der Waals surface area contributed by atoms with E-state index in [0.29, 0.717) is 13.1 Å². The molecule has 3 N–H and O–H groups in total. The van der Waals surface area contributed by atoms with Gasteiger partial charge >= 0.3 is 0 Å². The maximum atomic E-state index is 11.7. The van der Waals surface area contributed by atoms with Crippen molar-refractivity contribution < 1.29 is 9.53 Å². The van der Waals surface area contributed by atoms with Gasteiger partial charge in [-0.3, -0.25) is 4.79 Å². The van der Waals surface area contributed by atoms with Crippen molar-refractivity contribution in [2.24, 2.45) is 5.73 Å². The zero-order chi connectivity index (χ0) is 14.5. The molecular formula is C13H23N3O2S. The van der Waals surface area contributed by atoms with Crippen LogP contribution in [-0.2, 0) is 21.5 Å². The molecule has 0 radical (unpaired) electrons. The van der Waals surface area contributed by atoms with Crippen LogP contribution in [0.15, 0.2) is 5.38 Å². The number of hydrogen-bond acceptors (Lipinski definition) is 5. The smallest absolute Gasteiger partial charge is 0.223 e. The van der Waals surface area contributed by atoms with E-state index in [1.807, 2.05) is 5.38 Å². The lowest BCUT2D eigenvalue weighted by Crippen LogP contribution is -2.31. The maximum Gasteiger partial charge on any atom is 0.223 e. The fourth-order valence-electron chi connectivity index (χ4n) is 1.45. The fraction of sp³-hybridized carbons (Fsp3) is 0.692. The first kappa shape index (κ1) is 16.1. The van der Waals surface area contributed by atoms with E-state index in [2.05, 4.69) is 31.1 Å². The van der Waals surface area contributed by atoms with Gasteiger partial charge in [0.15, 0.2) is 0 Å². The minimum Gasteiger partial charge on any atom is -0.380 e. The van der Waals surface area contributed by atoms with E-state index in [-0.39, 0.29) is 23.8 Å². The van der Waals surface area contributed by atoms with Crippen molar-refractivity contribution in [2.75, 3.05) is 13.7 Å². The number of carbonyl (C=O) groups is 1. The van der Waals surface area contributed by atoms with Gasteiger partial charge in [0.2, 0.25) is 5.91 Å². The second kappa shape index (κ2) is 6.98. The summed E-state index contributed by atoms with van der Waals surface area (Å²) in [5, 5.41) is 5.79. The summed E-state index contributed by atoms with van der Waals surface area (Å²) in [7, 11) is 1.56. The lowest BCUT2D eigenvalue weighted by atomic mass is 9.93. The van der Waals surface area contributed by atoms with Crippen molar-refractivity contribution in [1.82, 2.24) is 10.3 Å². The minimum absolute atomic E-state index is 0.0411. The van der Waals surface area contributed by atoms with E-state index in [4.69, 9.17) is 10.5 Å². The lowest BCUT2D eigenvalue weighted by molar-refractivity contribution is -0.123. The Morgan fingerprint density at radius 2 is 2.26 bits per heavy atom. The van der Waals surface area contributed by atoms with Gasteiger partial charge < -0.3 is 15.8 Å². The molecule has 19 heavy (non-hydrogen) atoms. The summed E-state index contributed by atoms with van der Waals surface area (Å²) in [5.41, 5.74) is 6.57. The second-order valence-electron chi connectivity index (χ2n) is 5.45. The van der Waals surface area contributed by atoms with Gasteiger partial charge in [0.05, 0.1) is 24.8 Å². The van der Waals surface area contributed by atoms with Gasteiger partial charge in [-0.15, -0.1) is 11.3 Å². The van der Waals surface area contributed by atoms with E-state index >= 15 is 0 Å². The predicted octanol–water partition coefficient (Wildman–Crippen LogP) is 1.42. The summed E-state index contributed by atoms with van der Waals surface area (Å²) in [6.45, 7) is 7.16. The number of methoxy groups -OCH3 is 1. The SMILES string of the molecule is COC(CN)CC(=O)NCc1nc(C(C)(C)C)cs1. The highest BCUT2D eigenvalue weighted by Crippen LogP contribution is 2.23. The summed E-state index contributed by atoms with van der Waals surface area (Å²) in [6, 6.07) is 0. The molecule has 1 unspecified atom stereocenters. The molecular weight excluding hydrogens is 262 g/mol. The molecule has 1 rings (SSSR count). The predicted molar refractivity (Wildman–Crippen MR) is 77.1 cm³/mol. The van der Waals surface area contributed by atoms with Gasteiger partial charge in [0.1, 0.15) is 5.01 Å². The van der Waals surface area contributed by atoms with E-state index in [1.165, 1.54) is 0 Å². The molecule has 0 aromatic carbocycles. The number of rotatable bonds is 6. The van der Waals surface area contributed by atoms with Crippen LogP contribution in [0, 0.1) is 0 Å². The first-order chi connectivity index (χ1) is 8.86. The largest absolute Gasteiger partial charge is 0.380 e. The van der Waals surface area contributed by atoms with Gasteiger partial charge in [-0.1, -0.05) is 20.8 Å². The highest BCUT2D eigenvalue weighted by Gasteiger charge is 2.17. The molecule has 1 amide bonds. The Hall–Kier alpha value is -0.980. The monoisotopic (exact) mass is 285 g/mol. The number of amides is 1. The quantitative estimate of drug-likeness (QED) is 0.828. The van der Waals surface area contributed by atoms with Gasteiger partial charge in [-0.25, -0.2) is 4.98 Å². The van der Waals surface area contributed by atoms with Crippen molar-refractivity contribution >= 4 is 17.2 Å². The molecule has 5 nitrogen and oxygen atoms in total. The van der Waals surface area contributed by atoms with Crippen molar-refractivity contribution in [2.45, 2.75) is 45.3 Å². The molecule has 108 valence electrons. The number of nitrogens with zero attached hydrogens (tertiary/aromatic N) is 1. The Labute approximate surface area is 118 Å². The first-order valence-corrected chi connectivity index (χ1v) is 7.19. The van der Waals surface area contributed by atoms with E-state index in [0.717, 1.165) is 10.7 Å². The van der Waals surface area contributed by atoms with Crippen LogP contribution in [0.1, 0.15) is 37.9 Å². The zero-order valence-corrected chi connectivity index (χ0v) is 12.8. The first-order valence-electron chi connectivity index (χ1n) is 6.31. The molecule has 0 saturated heterocycles. The third-order valence-corrected chi connectivity index (χ3v) is 3.62. The van der Waals surface area contributed by atoms with Crippen LogP contribution in [0.5, 0.6) is 0 Å². The third-order valence-electron chi connectivity index (χ3n) is 2.77. The van der Waals surface area contributed by atoms with Crippen molar-refractivity contribution in [3.63, 3.8) is 0 Å². The maximum absolute atomic E-state index is 11.7. The molecule has 1 aromatic rings. The normalized spacial score (nSPS) is 13.3. The lowest BCUT2D eigenvalue weighted by Gasteiger charge is -2.14. The van der Waals surface area contributed by atoms with Crippen LogP contribution in [0.3, 0.4) is 0 Å². The Bertz CT molecular complexity index is 408. The number of carbonyl (C=O) groups excluding carboxylic acids is 1. The second-order valence-corrected chi connectivity index (χ2v) is 6.39. The van der Waals surface area contributed by atoms with Crippen LogP contribution in [0.25, 0.3) is 0 Å². The Morgan fingerprint density at radius 3 is 2.74 bits per heavy atom. The van der Waals surface area contributed by atoms with E-state index in [1.54, 1.807) is 18.4 Å². The standard InChI is InChI=1S/C13H23N3O2S/c1-13(2,3)10-8-19-12(16-10)7-15-11(17)5-9(6-14)18-4/h8-9H,5-7,14H2,1-4H3,(H,15,17).